The summed E-state index contributed by atoms with van der Waals surface area (Å²) in [6.45, 7) is 5.81. The summed E-state index contributed by atoms with van der Waals surface area (Å²) in [4.78, 5) is 11.9. The van der Waals surface area contributed by atoms with Gasteiger partial charge in [-0.25, -0.2) is 0 Å². The van der Waals surface area contributed by atoms with E-state index in [1.165, 1.54) is 0 Å². The lowest BCUT2D eigenvalue weighted by molar-refractivity contribution is -0.139. The Morgan fingerprint density at radius 2 is 1.87 bits per heavy atom. The average molecular weight is 252 g/mol. The second kappa shape index (κ2) is 7.81. The number of hydrogen-bond donors (Lipinski definition) is 3. The largest absolute Gasteiger partial charge is 0.480 e. The predicted molar refractivity (Wildman–Crippen MR) is 73.1 cm³/mol. The van der Waals surface area contributed by atoms with E-state index in [0.29, 0.717) is 6.54 Å². The van der Waals surface area contributed by atoms with Gasteiger partial charge in [0.2, 0.25) is 0 Å². The van der Waals surface area contributed by atoms with Gasteiger partial charge in [0, 0.05) is 32.2 Å². The number of nitrogens with one attached hydrogen (secondary N) is 2. The number of carbonyl (C=O) groups is 1. The lowest BCUT2D eigenvalue weighted by Gasteiger charge is -2.20. The fourth-order valence-electron chi connectivity index (χ4n) is 0.828. The molecule has 3 N–H and O–H groups in total. The molecule has 1 aliphatic heterocycles. The van der Waals surface area contributed by atoms with E-state index in [-0.39, 0.29) is 2.85 Å². The van der Waals surface area contributed by atoms with Gasteiger partial charge in [0.15, 0.2) is 0 Å². The molecule has 4 nitrogen and oxygen atoms in total. The van der Waals surface area contributed by atoms with Crippen LogP contribution in [0.2, 0.25) is 0 Å². The third-order valence-corrected chi connectivity index (χ3v) is 2.58. The summed E-state index contributed by atoms with van der Waals surface area (Å²) >= 11 is 9.36. The van der Waals surface area contributed by atoms with E-state index >= 15 is 0 Å². The van der Waals surface area contributed by atoms with Crippen molar-refractivity contribution in [3.8, 4) is 0 Å². The van der Waals surface area contributed by atoms with Gasteiger partial charge in [-0.05, 0) is 13.8 Å². The van der Waals surface area contributed by atoms with Crippen LogP contribution in [0, 0.1) is 0 Å². The highest BCUT2D eigenvalue weighted by molar-refractivity contribution is 7.89. The molecule has 0 aliphatic carbocycles. The van der Waals surface area contributed by atoms with Crippen LogP contribution >= 0.6 is 24.4 Å². The summed E-state index contributed by atoms with van der Waals surface area (Å²) in [6.07, 6.45) is 0. The molecule has 0 aromatic rings. The molecular weight excluding hydrogens is 232 g/mol. The van der Waals surface area contributed by atoms with Gasteiger partial charge < -0.3 is 15.7 Å². The number of hydrogen-bond acceptors (Lipinski definition) is 5. The van der Waals surface area contributed by atoms with Crippen LogP contribution in [0.15, 0.2) is 0 Å². The van der Waals surface area contributed by atoms with E-state index in [2.05, 4.69) is 35.1 Å². The number of thiocarbonyl (C=S) groups is 2. The minimum absolute atomic E-state index is 0. The van der Waals surface area contributed by atoms with Crippen molar-refractivity contribution in [1.29, 1.82) is 0 Å². The first kappa shape index (κ1) is 14.6. The molecule has 0 bridgehead atoms. The second-order valence-electron chi connectivity index (χ2n) is 3.16. The lowest BCUT2D eigenvalue weighted by Crippen LogP contribution is -2.52. The van der Waals surface area contributed by atoms with Gasteiger partial charge in [0.1, 0.15) is 6.04 Å². The van der Waals surface area contributed by atoms with Gasteiger partial charge in [-0.2, -0.15) is 0 Å². The number of carboxylic acids is 1. The predicted octanol–water partition coefficient (Wildman–Crippen LogP) is 0.890. The summed E-state index contributed by atoms with van der Waals surface area (Å²) in [6, 6.07) is -0.390. The van der Waals surface area contributed by atoms with E-state index < -0.39 is 12.0 Å². The molecule has 1 rings (SSSR count). The van der Waals surface area contributed by atoms with Crippen LogP contribution in [-0.2, 0) is 4.79 Å². The Kier molecular flexibility index (Phi) is 7.59. The maximum atomic E-state index is 10.3. The fraction of sp³-hybridized carbons (Fsp3) is 0.667. The second-order valence-corrected chi connectivity index (χ2v) is 4.39. The zero-order valence-electron chi connectivity index (χ0n) is 8.87. The average Bonchev–Trinajstić information content (AvgIpc) is 2.20. The van der Waals surface area contributed by atoms with Crippen LogP contribution in [0.25, 0.3) is 0 Å². The van der Waals surface area contributed by atoms with E-state index in [0.717, 1.165) is 22.8 Å². The van der Waals surface area contributed by atoms with Crippen molar-refractivity contribution >= 4 is 40.1 Å². The third kappa shape index (κ3) is 7.49. The van der Waals surface area contributed by atoms with Crippen molar-refractivity contribution in [1.82, 2.24) is 10.6 Å². The fourth-order valence-corrected chi connectivity index (χ4v) is 0.828. The van der Waals surface area contributed by atoms with Crippen LogP contribution in [0.5, 0.6) is 0 Å². The van der Waals surface area contributed by atoms with Crippen LogP contribution in [0.1, 0.15) is 16.7 Å². The molecule has 0 saturated carbocycles. The SMILES string of the molecule is CC(=S)C(C)=S.O=C(O)[C@H]1CNCCN1.[HH].[HH]. The summed E-state index contributed by atoms with van der Waals surface area (Å²) in [5.74, 6) is -0.776. The monoisotopic (exact) mass is 252 g/mol. The van der Waals surface area contributed by atoms with Crippen molar-refractivity contribution in [3.63, 3.8) is 0 Å². The van der Waals surface area contributed by atoms with E-state index in [1.807, 2.05) is 13.8 Å². The first-order chi connectivity index (χ1) is 6.95. The minimum Gasteiger partial charge on any atom is -0.480 e. The molecule has 1 saturated heterocycles. The molecule has 1 atom stereocenters. The van der Waals surface area contributed by atoms with Crippen LogP contribution in [0.4, 0.5) is 0 Å². The normalized spacial score (nSPS) is 19.7. The minimum atomic E-state index is -0.776. The Balaban J connectivity index is -0.000000221. The van der Waals surface area contributed by atoms with E-state index in [4.69, 9.17) is 5.11 Å². The molecule has 1 heterocycles. The first-order valence-electron chi connectivity index (χ1n) is 4.63. The standard InChI is InChI=1S/C5H10N2O2.C4H6S2.2H2/c8-5(9)4-3-6-1-2-7-4;1-3(5)4(2)6;;/h4,6-7H,1-3H2,(H,8,9);1-2H3;2*1H/t4-;;;/m1.../s1. The molecule has 0 spiro atoms. The van der Waals surface area contributed by atoms with E-state index in [1.54, 1.807) is 0 Å². The number of rotatable bonds is 2. The lowest BCUT2D eigenvalue weighted by atomic mass is 10.2. The summed E-state index contributed by atoms with van der Waals surface area (Å²) in [7, 11) is 0. The molecule has 0 radical (unpaired) electrons. The highest BCUT2D eigenvalue weighted by Crippen LogP contribution is 1.84. The number of aliphatic carboxylic acids is 1. The van der Waals surface area contributed by atoms with Crippen molar-refractivity contribution in [3.05, 3.63) is 0 Å². The van der Waals surface area contributed by atoms with Gasteiger partial charge in [0.05, 0.1) is 0 Å². The Morgan fingerprint density at radius 3 is 2.07 bits per heavy atom. The smallest absolute Gasteiger partial charge is 0.322 e. The van der Waals surface area contributed by atoms with Gasteiger partial charge in [0.25, 0.3) is 0 Å². The zero-order valence-corrected chi connectivity index (χ0v) is 10.5. The Morgan fingerprint density at radius 1 is 1.33 bits per heavy atom. The van der Waals surface area contributed by atoms with Crippen LogP contribution < -0.4 is 10.6 Å². The summed E-state index contributed by atoms with van der Waals surface area (Å²) < 4.78 is 0. The van der Waals surface area contributed by atoms with Gasteiger partial charge >= 0.3 is 5.97 Å². The maximum Gasteiger partial charge on any atom is 0.322 e. The summed E-state index contributed by atoms with van der Waals surface area (Å²) in [5.41, 5.74) is 0. The number of carboxylic acid groups (broad SMARTS) is 1. The molecule has 0 amide bonds. The molecule has 0 aromatic carbocycles. The van der Waals surface area contributed by atoms with Crippen molar-refractivity contribution in [2.45, 2.75) is 19.9 Å². The molecule has 90 valence electrons. The van der Waals surface area contributed by atoms with Gasteiger partial charge in [-0.1, -0.05) is 24.4 Å². The van der Waals surface area contributed by atoms with Crippen molar-refractivity contribution < 1.29 is 12.8 Å². The molecule has 0 unspecified atom stereocenters. The topological polar surface area (TPSA) is 61.4 Å². The summed E-state index contributed by atoms with van der Waals surface area (Å²) in [5, 5.41) is 14.3. The van der Waals surface area contributed by atoms with Gasteiger partial charge in [-0.15, -0.1) is 0 Å². The Labute approximate surface area is 103 Å². The zero-order chi connectivity index (χ0) is 11.8. The third-order valence-electron chi connectivity index (χ3n) is 1.83. The maximum absolute atomic E-state index is 10.3. The quantitative estimate of drug-likeness (QED) is 0.635. The Bertz CT molecular complexity index is 247. The molecule has 15 heavy (non-hydrogen) atoms. The highest BCUT2D eigenvalue weighted by atomic mass is 32.1. The molecular formula is C9H20N2O2S2. The molecule has 0 aromatic heterocycles. The number of piperazine rings is 1. The first-order valence-corrected chi connectivity index (χ1v) is 5.45. The van der Waals surface area contributed by atoms with Crippen molar-refractivity contribution in [2.24, 2.45) is 0 Å². The van der Waals surface area contributed by atoms with Crippen molar-refractivity contribution in [2.75, 3.05) is 19.6 Å². The van der Waals surface area contributed by atoms with Crippen LogP contribution in [0.3, 0.4) is 0 Å². The molecule has 6 heteroatoms. The highest BCUT2D eigenvalue weighted by Gasteiger charge is 2.18. The van der Waals surface area contributed by atoms with E-state index in [9.17, 15) is 4.79 Å². The Hall–Kier alpha value is -0.430. The van der Waals surface area contributed by atoms with Crippen LogP contribution in [-0.4, -0.2) is 46.5 Å². The molecule has 1 aliphatic rings. The molecule has 1 fully saturated rings. The van der Waals surface area contributed by atoms with Gasteiger partial charge in [-0.3, -0.25) is 4.79 Å².